The lowest BCUT2D eigenvalue weighted by molar-refractivity contribution is 0.233. The van der Waals surface area contributed by atoms with Gasteiger partial charge in [-0.1, -0.05) is 34.6 Å². The van der Waals surface area contributed by atoms with Crippen molar-refractivity contribution < 1.29 is 0 Å². The van der Waals surface area contributed by atoms with Crippen LogP contribution in [0.1, 0.15) is 48.0 Å². The fourth-order valence-electron chi connectivity index (χ4n) is 1.97. The minimum atomic E-state index is 0.367. The number of nitrogens with one attached hydrogen (secondary N) is 1. The van der Waals surface area contributed by atoms with Gasteiger partial charge in [-0.15, -0.1) is 0 Å². The van der Waals surface area contributed by atoms with Gasteiger partial charge in [-0.25, -0.2) is 0 Å². The molecule has 2 unspecified atom stereocenters. The highest BCUT2D eigenvalue weighted by molar-refractivity contribution is 7.99. The second-order valence-electron chi connectivity index (χ2n) is 6.83. The van der Waals surface area contributed by atoms with Gasteiger partial charge in [0.25, 0.3) is 0 Å². The Morgan fingerprint density at radius 1 is 1.33 bits per heavy atom. The Morgan fingerprint density at radius 2 is 1.93 bits per heavy atom. The zero-order valence-electron chi connectivity index (χ0n) is 11.2. The SMILES string of the molecule is CC(NC1CSCC(C)(C)C1)C(C)(C)C. The minimum absolute atomic E-state index is 0.367. The molecule has 0 spiro atoms. The Bertz CT molecular complexity index is 205. The molecule has 0 saturated carbocycles. The Hall–Kier alpha value is 0.310. The number of hydrogen-bond acceptors (Lipinski definition) is 2. The molecule has 2 atom stereocenters. The van der Waals surface area contributed by atoms with Gasteiger partial charge in [0, 0.05) is 17.8 Å². The largest absolute Gasteiger partial charge is 0.310 e. The van der Waals surface area contributed by atoms with Crippen LogP contribution < -0.4 is 5.32 Å². The van der Waals surface area contributed by atoms with Gasteiger partial charge >= 0.3 is 0 Å². The third kappa shape index (κ3) is 4.36. The summed E-state index contributed by atoms with van der Waals surface area (Å²) in [6.45, 7) is 14.0. The molecule has 1 aliphatic rings. The first-order chi connectivity index (χ1) is 6.71. The van der Waals surface area contributed by atoms with E-state index in [1.165, 1.54) is 17.9 Å². The van der Waals surface area contributed by atoms with Crippen LogP contribution in [0.5, 0.6) is 0 Å². The molecule has 0 bridgehead atoms. The highest BCUT2D eigenvalue weighted by atomic mass is 32.2. The molecule has 0 aromatic carbocycles. The van der Waals surface area contributed by atoms with Crippen molar-refractivity contribution in [3.63, 3.8) is 0 Å². The van der Waals surface area contributed by atoms with Crippen LogP contribution in [0.25, 0.3) is 0 Å². The molecule has 1 rings (SSSR count). The summed E-state index contributed by atoms with van der Waals surface area (Å²) in [7, 11) is 0. The molecular formula is C13H27NS. The smallest absolute Gasteiger partial charge is 0.0166 e. The zero-order valence-corrected chi connectivity index (χ0v) is 12.0. The van der Waals surface area contributed by atoms with Gasteiger partial charge in [0.2, 0.25) is 0 Å². The maximum Gasteiger partial charge on any atom is 0.0166 e. The number of thioether (sulfide) groups is 1. The van der Waals surface area contributed by atoms with Gasteiger partial charge in [0.1, 0.15) is 0 Å². The first-order valence-corrected chi connectivity index (χ1v) is 7.20. The third-order valence-electron chi connectivity index (χ3n) is 3.40. The fourth-order valence-corrected chi connectivity index (χ4v) is 3.26. The maximum atomic E-state index is 3.79. The van der Waals surface area contributed by atoms with Gasteiger partial charge in [-0.3, -0.25) is 0 Å². The second kappa shape index (κ2) is 4.67. The van der Waals surface area contributed by atoms with Crippen molar-refractivity contribution >= 4 is 11.8 Å². The fraction of sp³-hybridized carbons (Fsp3) is 1.00. The average molecular weight is 229 g/mol. The van der Waals surface area contributed by atoms with Crippen LogP contribution in [0.3, 0.4) is 0 Å². The molecule has 0 aromatic heterocycles. The van der Waals surface area contributed by atoms with Crippen molar-refractivity contribution in [2.75, 3.05) is 11.5 Å². The summed E-state index contributed by atoms with van der Waals surface area (Å²) in [6.07, 6.45) is 1.32. The molecule has 0 aromatic rings. The van der Waals surface area contributed by atoms with E-state index in [0.29, 0.717) is 22.9 Å². The molecular weight excluding hydrogens is 202 g/mol. The molecule has 1 heterocycles. The van der Waals surface area contributed by atoms with E-state index in [1.54, 1.807) is 0 Å². The van der Waals surface area contributed by atoms with Crippen LogP contribution in [0, 0.1) is 10.8 Å². The highest BCUT2D eigenvalue weighted by Crippen LogP contribution is 2.34. The molecule has 1 fully saturated rings. The summed E-state index contributed by atoms with van der Waals surface area (Å²) < 4.78 is 0. The molecule has 90 valence electrons. The van der Waals surface area contributed by atoms with Crippen LogP contribution in [-0.4, -0.2) is 23.6 Å². The van der Waals surface area contributed by atoms with Crippen molar-refractivity contribution in [1.29, 1.82) is 0 Å². The molecule has 15 heavy (non-hydrogen) atoms. The first kappa shape index (κ1) is 13.4. The molecule has 0 radical (unpaired) electrons. The van der Waals surface area contributed by atoms with E-state index in [1.807, 2.05) is 0 Å². The van der Waals surface area contributed by atoms with Crippen molar-refractivity contribution in [3.8, 4) is 0 Å². The monoisotopic (exact) mass is 229 g/mol. The van der Waals surface area contributed by atoms with E-state index in [-0.39, 0.29) is 0 Å². The number of rotatable bonds is 2. The predicted octanol–water partition coefficient (Wildman–Crippen LogP) is 3.54. The molecule has 0 amide bonds. The van der Waals surface area contributed by atoms with E-state index >= 15 is 0 Å². The summed E-state index contributed by atoms with van der Waals surface area (Å²) in [6, 6.07) is 1.30. The summed E-state index contributed by atoms with van der Waals surface area (Å²) in [4.78, 5) is 0. The van der Waals surface area contributed by atoms with Crippen molar-refractivity contribution in [2.45, 2.75) is 60.0 Å². The van der Waals surface area contributed by atoms with Crippen LogP contribution in [0.15, 0.2) is 0 Å². The predicted molar refractivity (Wildman–Crippen MR) is 71.6 cm³/mol. The lowest BCUT2D eigenvalue weighted by Gasteiger charge is -2.39. The second-order valence-corrected chi connectivity index (χ2v) is 7.87. The lowest BCUT2D eigenvalue weighted by atomic mass is 9.84. The summed E-state index contributed by atoms with van der Waals surface area (Å²) in [5.74, 6) is 2.60. The van der Waals surface area contributed by atoms with Gasteiger partial charge in [0.05, 0.1) is 0 Å². The van der Waals surface area contributed by atoms with Crippen LogP contribution in [-0.2, 0) is 0 Å². The van der Waals surface area contributed by atoms with Crippen molar-refractivity contribution in [3.05, 3.63) is 0 Å². The van der Waals surface area contributed by atoms with E-state index in [2.05, 4.69) is 58.6 Å². The molecule has 1 saturated heterocycles. The normalized spacial score (nSPS) is 28.8. The Kier molecular flexibility index (Phi) is 4.16. The molecule has 0 aliphatic carbocycles. The quantitative estimate of drug-likeness (QED) is 0.777. The molecule has 1 aliphatic heterocycles. The van der Waals surface area contributed by atoms with E-state index in [4.69, 9.17) is 0 Å². The maximum absolute atomic E-state index is 3.79. The summed E-state index contributed by atoms with van der Waals surface area (Å²) >= 11 is 2.10. The Balaban J connectivity index is 2.45. The van der Waals surface area contributed by atoms with Gasteiger partial charge in [-0.05, 0) is 29.9 Å². The lowest BCUT2D eigenvalue weighted by Crippen LogP contribution is -2.48. The number of hydrogen-bond donors (Lipinski definition) is 1. The van der Waals surface area contributed by atoms with Gasteiger partial charge < -0.3 is 5.32 Å². The third-order valence-corrected chi connectivity index (χ3v) is 5.02. The highest BCUT2D eigenvalue weighted by Gasteiger charge is 2.30. The summed E-state index contributed by atoms with van der Waals surface area (Å²) in [5.41, 5.74) is 0.879. The standard InChI is InChI=1S/C13H27NS/c1-10(12(2,3)4)14-11-7-13(5,6)9-15-8-11/h10-11,14H,7-9H2,1-6H3. The van der Waals surface area contributed by atoms with E-state index in [9.17, 15) is 0 Å². The summed E-state index contributed by atoms with van der Waals surface area (Å²) in [5, 5.41) is 3.79. The van der Waals surface area contributed by atoms with Crippen LogP contribution in [0.4, 0.5) is 0 Å². The Morgan fingerprint density at radius 3 is 2.40 bits per heavy atom. The van der Waals surface area contributed by atoms with Crippen molar-refractivity contribution in [2.24, 2.45) is 10.8 Å². The molecule has 1 nitrogen and oxygen atoms in total. The zero-order chi connectivity index (χ0) is 11.7. The van der Waals surface area contributed by atoms with E-state index < -0.39 is 0 Å². The average Bonchev–Trinajstić information content (AvgIpc) is 2.00. The topological polar surface area (TPSA) is 12.0 Å². The molecule has 2 heteroatoms. The van der Waals surface area contributed by atoms with Gasteiger partial charge in [0.15, 0.2) is 0 Å². The van der Waals surface area contributed by atoms with Crippen molar-refractivity contribution in [1.82, 2.24) is 5.32 Å². The molecule has 1 N–H and O–H groups in total. The Labute approximate surface area is 99.8 Å². The van der Waals surface area contributed by atoms with E-state index in [0.717, 1.165) is 0 Å². The first-order valence-electron chi connectivity index (χ1n) is 6.04. The minimum Gasteiger partial charge on any atom is -0.310 e. The van der Waals surface area contributed by atoms with Crippen LogP contribution in [0.2, 0.25) is 0 Å². The van der Waals surface area contributed by atoms with Crippen LogP contribution >= 0.6 is 11.8 Å². The van der Waals surface area contributed by atoms with Gasteiger partial charge in [-0.2, -0.15) is 11.8 Å².